The molecule has 6 nitrogen and oxygen atoms in total. The first kappa shape index (κ1) is 19.5. The lowest BCUT2D eigenvalue weighted by Gasteiger charge is -2.14. The largest absolute Gasteiger partial charge is 0.493 e. The Bertz CT molecular complexity index is 976. The molecular weight excluding hydrogens is 356 g/mol. The number of carbonyl (C=O) groups excluding carboxylic acids is 1. The van der Waals surface area contributed by atoms with E-state index >= 15 is 0 Å². The summed E-state index contributed by atoms with van der Waals surface area (Å²) in [6, 6.07) is 13.5. The van der Waals surface area contributed by atoms with Gasteiger partial charge >= 0.3 is 0 Å². The monoisotopic (exact) mass is 381 g/mol. The molecule has 0 aliphatic heterocycles. The summed E-state index contributed by atoms with van der Waals surface area (Å²) in [5.41, 5.74) is 1.50. The summed E-state index contributed by atoms with van der Waals surface area (Å²) in [5, 5.41) is 5.28. The van der Waals surface area contributed by atoms with Crippen molar-refractivity contribution in [1.82, 2.24) is 5.32 Å². The number of pyridine rings is 1. The Morgan fingerprint density at radius 3 is 2.29 bits per heavy atom. The van der Waals surface area contributed by atoms with Crippen molar-refractivity contribution >= 4 is 16.7 Å². The van der Waals surface area contributed by atoms with E-state index < -0.39 is 0 Å². The molecule has 0 fully saturated rings. The molecule has 0 saturated carbocycles. The lowest BCUT2D eigenvalue weighted by atomic mass is 10.1. The lowest BCUT2D eigenvalue weighted by Crippen LogP contribution is -2.40. The van der Waals surface area contributed by atoms with Crippen LogP contribution in [0.2, 0.25) is 0 Å². The SMILES string of the molecule is CC[n+]1ccc2ccccc2c1CNC(=O)c1cc(OC)c(OC)c(OC)c1. The minimum atomic E-state index is -0.213. The quantitative estimate of drug-likeness (QED) is 0.639. The number of carbonyl (C=O) groups is 1. The van der Waals surface area contributed by atoms with Gasteiger partial charge in [-0.25, -0.2) is 4.57 Å². The summed E-state index contributed by atoms with van der Waals surface area (Å²) >= 11 is 0. The van der Waals surface area contributed by atoms with Gasteiger partial charge in [0, 0.05) is 11.6 Å². The number of hydrogen-bond acceptors (Lipinski definition) is 4. The number of amides is 1. The van der Waals surface area contributed by atoms with Crippen LogP contribution < -0.4 is 24.1 Å². The van der Waals surface area contributed by atoms with Crippen LogP contribution in [0.15, 0.2) is 48.7 Å². The third kappa shape index (κ3) is 3.71. The molecule has 0 unspecified atom stereocenters. The van der Waals surface area contributed by atoms with Gasteiger partial charge in [-0.3, -0.25) is 4.79 Å². The summed E-state index contributed by atoms with van der Waals surface area (Å²) < 4.78 is 18.1. The fraction of sp³-hybridized carbons (Fsp3) is 0.273. The predicted octanol–water partition coefficient (Wildman–Crippen LogP) is 3.10. The molecule has 0 saturated heterocycles. The number of benzene rings is 2. The maximum absolute atomic E-state index is 12.8. The van der Waals surface area contributed by atoms with Crippen molar-refractivity contribution in [2.24, 2.45) is 0 Å². The molecule has 6 heteroatoms. The van der Waals surface area contributed by atoms with Crippen LogP contribution in [0.5, 0.6) is 17.2 Å². The molecule has 0 aliphatic rings. The van der Waals surface area contributed by atoms with Gasteiger partial charge in [0.05, 0.1) is 26.7 Å². The van der Waals surface area contributed by atoms with Crippen molar-refractivity contribution in [2.75, 3.05) is 21.3 Å². The first-order valence-corrected chi connectivity index (χ1v) is 9.11. The van der Waals surface area contributed by atoms with E-state index in [0.29, 0.717) is 29.4 Å². The average Bonchev–Trinajstić information content (AvgIpc) is 2.75. The van der Waals surface area contributed by atoms with E-state index in [-0.39, 0.29) is 5.91 Å². The Labute approximate surface area is 164 Å². The highest BCUT2D eigenvalue weighted by molar-refractivity contribution is 5.96. The van der Waals surface area contributed by atoms with Crippen LogP contribution >= 0.6 is 0 Å². The number of nitrogens with zero attached hydrogens (tertiary/aromatic N) is 1. The van der Waals surface area contributed by atoms with Crippen LogP contribution in [0.1, 0.15) is 23.0 Å². The number of aryl methyl sites for hydroxylation is 1. The lowest BCUT2D eigenvalue weighted by molar-refractivity contribution is -0.699. The van der Waals surface area contributed by atoms with Crippen LogP contribution in [0.4, 0.5) is 0 Å². The fourth-order valence-corrected chi connectivity index (χ4v) is 3.29. The van der Waals surface area contributed by atoms with E-state index in [1.807, 2.05) is 18.3 Å². The second-order valence-electron chi connectivity index (χ2n) is 6.23. The first-order chi connectivity index (χ1) is 13.6. The molecule has 0 spiro atoms. The van der Waals surface area contributed by atoms with E-state index in [9.17, 15) is 4.79 Å². The highest BCUT2D eigenvalue weighted by atomic mass is 16.5. The molecule has 0 radical (unpaired) electrons. The van der Waals surface area contributed by atoms with E-state index in [0.717, 1.165) is 23.0 Å². The fourth-order valence-electron chi connectivity index (χ4n) is 3.29. The average molecular weight is 381 g/mol. The number of ether oxygens (including phenoxy) is 3. The van der Waals surface area contributed by atoms with Crippen LogP contribution in [0.3, 0.4) is 0 Å². The third-order valence-electron chi connectivity index (χ3n) is 4.74. The molecule has 1 amide bonds. The maximum Gasteiger partial charge on any atom is 0.252 e. The summed E-state index contributed by atoms with van der Waals surface area (Å²) in [5.74, 6) is 1.14. The Kier molecular flexibility index (Phi) is 5.99. The summed E-state index contributed by atoms with van der Waals surface area (Å²) in [6.07, 6.45) is 2.04. The molecule has 3 aromatic rings. The van der Waals surface area contributed by atoms with Crippen molar-refractivity contribution in [1.29, 1.82) is 0 Å². The van der Waals surface area contributed by atoms with E-state index in [1.165, 1.54) is 21.3 Å². The molecular formula is C22H25N2O4+. The second kappa shape index (κ2) is 8.61. The normalized spacial score (nSPS) is 10.6. The van der Waals surface area contributed by atoms with Crippen molar-refractivity contribution in [2.45, 2.75) is 20.0 Å². The smallest absolute Gasteiger partial charge is 0.252 e. The Morgan fingerprint density at radius 2 is 1.68 bits per heavy atom. The van der Waals surface area contributed by atoms with Gasteiger partial charge in [-0.1, -0.05) is 18.2 Å². The molecule has 1 heterocycles. The number of fused-ring (bicyclic) bond motifs is 1. The van der Waals surface area contributed by atoms with Gasteiger partial charge in [0.2, 0.25) is 11.4 Å². The summed E-state index contributed by atoms with van der Waals surface area (Å²) in [4.78, 5) is 12.8. The molecule has 1 N–H and O–H groups in total. The van der Waals surface area contributed by atoms with Crippen LogP contribution in [0.25, 0.3) is 10.8 Å². The molecule has 0 atom stereocenters. The van der Waals surface area contributed by atoms with E-state index in [1.54, 1.807) is 12.1 Å². The molecule has 28 heavy (non-hydrogen) atoms. The Balaban J connectivity index is 1.90. The van der Waals surface area contributed by atoms with E-state index in [4.69, 9.17) is 14.2 Å². The number of rotatable bonds is 7. The minimum absolute atomic E-state index is 0.213. The van der Waals surface area contributed by atoms with Crippen molar-refractivity contribution in [3.05, 3.63) is 59.9 Å². The van der Waals surface area contributed by atoms with Crippen molar-refractivity contribution in [3.63, 3.8) is 0 Å². The highest BCUT2D eigenvalue weighted by Gasteiger charge is 2.19. The molecule has 2 aromatic carbocycles. The second-order valence-corrected chi connectivity index (χ2v) is 6.23. The first-order valence-electron chi connectivity index (χ1n) is 9.11. The van der Waals surface area contributed by atoms with Gasteiger partial charge in [0.25, 0.3) is 5.91 Å². The zero-order valence-corrected chi connectivity index (χ0v) is 16.6. The van der Waals surface area contributed by atoms with Gasteiger partial charge < -0.3 is 19.5 Å². The number of nitrogens with one attached hydrogen (secondary N) is 1. The van der Waals surface area contributed by atoms with Gasteiger partial charge in [-0.15, -0.1) is 0 Å². The Hall–Kier alpha value is -3.28. The van der Waals surface area contributed by atoms with Gasteiger partial charge in [0.15, 0.2) is 17.7 Å². The minimum Gasteiger partial charge on any atom is -0.493 e. The van der Waals surface area contributed by atoms with Crippen LogP contribution in [-0.2, 0) is 13.1 Å². The molecule has 0 aliphatic carbocycles. The van der Waals surface area contributed by atoms with Gasteiger partial charge in [0.1, 0.15) is 13.1 Å². The molecule has 1 aromatic heterocycles. The third-order valence-corrected chi connectivity index (χ3v) is 4.74. The highest BCUT2D eigenvalue weighted by Crippen LogP contribution is 2.38. The number of methoxy groups -OCH3 is 3. The standard InChI is InChI=1S/C22H24N2O4/c1-5-24-11-10-15-8-6-7-9-17(15)18(24)14-23-22(25)16-12-19(26-2)21(28-4)20(13-16)27-3/h6-13H,5,14H2,1-4H3/p+1. The molecule has 0 bridgehead atoms. The van der Waals surface area contributed by atoms with Gasteiger partial charge in [-0.2, -0.15) is 0 Å². The number of hydrogen-bond donors (Lipinski definition) is 1. The zero-order valence-electron chi connectivity index (χ0n) is 16.6. The number of aromatic nitrogens is 1. The van der Waals surface area contributed by atoms with Crippen LogP contribution in [-0.4, -0.2) is 27.2 Å². The Morgan fingerprint density at radius 1 is 1.00 bits per heavy atom. The van der Waals surface area contributed by atoms with E-state index in [2.05, 4.69) is 35.0 Å². The van der Waals surface area contributed by atoms with Crippen molar-refractivity contribution < 1.29 is 23.6 Å². The van der Waals surface area contributed by atoms with Crippen molar-refractivity contribution in [3.8, 4) is 17.2 Å². The van der Waals surface area contributed by atoms with Gasteiger partial charge in [-0.05, 0) is 30.5 Å². The summed E-state index contributed by atoms with van der Waals surface area (Å²) in [6.45, 7) is 3.31. The molecule has 3 rings (SSSR count). The zero-order chi connectivity index (χ0) is 20.1. The summed E-state index contributed by atoms with van der Waals surface area (Å²) in [7, 11) is 4.59. The molecule has 146 valence electrons. The maximum atomic E-state index is 12.8. The van der Waals surface area contributed by atoms with Crippen LogP contribution in [0, 0.1) is 0 Å². The topological polar surface area (TPSA) is 60.7 Å². The predicted molar refractivity (Wildman–Crippen MR) is 107 cm³/mol.